The van der Waals surface area contributed by atoms with Crippen LogP contribution in [0.4, 0.5) is 5.69 Å². The third kappa shape index (κ3) is 6.54. The molecule has 0 fully saturated rings. The summed E-state index contributed by atoms with van der Waals surface area (Å²) in [5, 5.41) is 11.1. The zero-order valence-electron chi connectivity index (χ0n) is 17.7. The monoisotopic (exact) mass is 451 g/mol. The Kier molecular flexibility index (Phi) is 7.96. The average molecular weight is 451 g/mol. The van der Waals surface area contributed by atoms with Crippen LogP contribution in [0, 0.1) is 10.1 Å². The van der Waals surface area contributed by atoms with Crippen molar-refractivity contribution in [3.8, 4) is 17.2 Å². The Morgan fingerprint density at radius 3 is 2.24 bits per heavy atom. The van der Waals surface area contributed by atoms with Gasteiger partial charge < -0.3 is 18.9 Å². The fourth-order valence-electron chi connectivity index (χ4n) is 2.75. The third-order valence-corrected chi connectivity index (χ3v) is 4.34. The highest BCUT2D eigenvalue weighted by molar-refractivity contribution is 5.93. The first kappa shape index (κ1) is 23.3. The van der Waals surface area contributed by atoms with Crippen LogP contribution < -0.4 is 14.2 Å². The number of ether oxygens (including phenoxy) is 4. The number of benzene rings is 3. The Balaban J connectivity index is 1.58. The molecule has 0 heterocycles. The maximum atomic E-state index is 12.5. The zero-order valence-corrected chi connectivity index (χ0v) is 17.7. The molecule has 3 aromatic carbocycles. The zero-order chi connectivity index (χ0) is 23.6. The smallest absolute Gasteiger partial charge is 0.352 e. The number of esters is 2. The van der Waals surface area contributed by atoms with Gasteiger partial charge in [-0.3, -0.25) is 10.1 Å². The van der Waals surface area contributed by atoms with Crippen molar-refractivity contribution in [1.82, 2.24) is 0 Å². The molecule has 0 aliphatic rings. The summed E-state index contributed by atoms with van der Waals surface area (Å²) in [5.41, 5.74) is -0.234. The largest absolute Gasteiger partial charge is 0.490 e. The second-order valence-electron chi connectivity index (χ2n) is 6.70. The number of nitro groups is 1. The highest BCUT2D eigenvalue weighted by atomic mass is 16.6. The summed E-state index contributed by atoms with van der Waals surface area (Å²) < 4.78 is 21.4. The molecule has 0 amide bonds. The predicted molar refractivity (Wildman–Crippen MR) is 117 cm³/mol. The molecule has 0 bridgehead atoms. The van der Waals surface area contributed by atoms with Crippen LogP contribution in [0.2, 0.25) is 0 Å². The minimum absolute atomic E-state index is 0.00675. The van der Waals surface area contributed by atoms with Gasteiger partial charge in [-0.1, -0.05) is 42.5 Å². The molecule has 0 aromatic heterocycles. The van der Waals surface area contributed by atoms with Crippen LogP contribution in [0.3, 0.4) is 0 Å². The van der Waals surface area contributed by atoms with Gasteiger partial charge in [-0.05, 0) is 37.3 Å². The van der Waals surface area contributed by atoms with E-state index < -0.39 is 23.0 Å². The first-order valence-corrected chi connectivity index (χ1v) is 10.0. The number of nitro benzene ring substituents is 1. The van der Waals surface area contributed by atoms with Crippen LogP contribution in [0.15, 0.2) is 78.9 Å². The van der Waals surface area contributed by atoms with Gasteiger partial charge in [-0.25, -0.2) is 9.59 Å². The maximum absolute atomic E-state index is 12.5. The SMILES string of the molecule is CC(Oc1ccccc1[N+](=O)[O-])C(=O)Oc1ccccc1C(=O)OCCOc1ccccc1. The van der Waals surface area contributed by atoms with Crippen LogP contribution in [-0.2, 0) is 9.53 Å². The molecule has 33 heavy (non-hydrogen) atoms. The van der Waals surface area contributed by atoms with Crippen molar-refractivity contribution in [2.24, 2.45) is 0 Å². The Hall–Kier alpha value is -4.40. The Labute approximate surface area is 189 Å². The molecule has 0 spiro atoms. The third-order valence-electron chi connectivity index (χ3n) is 4.34. The summed E-state index contributed by atoms with van der Waals surface area (Å²) in [6.45, 7) is 1.53. The summed E-state index contributed by atoms with van der Waals surface area (Å²) >= 11 is 0. The molecule has 0 saturated heterocycles. The van der Waals surface area contributed by atoms with Crippen LogP contribution in [-0.4, -0.2) is 36.2 Å². The van der Waals surface area contributed by atoms with Gasteiger partial charge in [0, 0.05) is 6.07 Å². The summed E-state index contributed by atoms with van der Waals surface area (Å²) in [7, 11) is 0. The first-order chi connectivity index (χ1) is 16.0. The van der Waals surface area contributed by atoms with E-state index in [1.807, 2.05) is 18.2 Å². The van der Waals surface area contributed by atoms with E-state index in [1.165, 1.54) is 37.3 Å². The quantitative estimate of drug-likeness (QED) is 0.148. The van der Waals surface area contributed by atoms with Crippen LogP contribution in [0.5, 0.6) is 17.2 Å². The lowest BCUT2D eigenvalue weighted by Crippen LogP contribution is -2.29. The molecule has 0 saturated carbocycles. The Bertz CT molecular complexity index is 1120. The molecule has 0 N–H and O–H groups in total. The maximum Gasteiger partial charge on any atom is 0.352 e. The summed E-state index contributed by atoms with van der Waals surface area (Å²) in [4.78, 5) is 35.5. The van der Waals surface area contributed by atoms with Crippen molar-refractivity contribution >= 4 is 17.6 Å². The van der Waals surface area contributed by atoms with Crippen LogP contribution >= 0.6 is 0 Å². The van der Waals surface area contributed by atoms with E-state index in [2.05, 4.69) is 0 Å². The van der Waals surface area contributed by atoms with Gasteiger partial charge in [-0.15, -0.1) is 0 Å². The van der Waals surface area contributed by atoms with Gasteiger partial charge in [0.2, 0.25) is 0 Å². The number of carbonyl (C=O) groups is 2. The predicted octanol–water partition coefficient (Wildman–Crippen LogP) is 4.20. The van der Waals surface area contributed by atoms with Crippen LogP contribution in [0.25, 0.3) is 0 Å². The molecular weight excluding hydrogens is 430 g/mol. The molecule has 9 nitrogen and oxygen atoms in total. The number of nitrogens with zero attached hydrogens (tertiary/aromatic N) is 1. The lowest BCUT2D eigenvalue weighted by molar-refractivity contribution is -0.386. The topological polar surface area (TPSA) is 114 Å². The average Bonchev–Trinajstić information content (AvgIpc) is 2.83. The van der Waals surface area contributed by atoms with Crippen molar-refractivity contribution in [2.75, 3.05) is 13.2 Å². The molecule has 170 valence electrons. The van der Waals surface area contributed by atoms with E-state index in [4.69, 9.17) is 18.9 Å². The van der Waals surface area contributed by atoms with Crippen molar-refractivity contribution in [1.29, 1.82) is 0 Å². The molecule has 3 aromatic rings. The molecule has 3 rings (SSSR count). The fraction of sp³-hybridized carbons (Fsp3) is 0.167. The van der Waals surface area contributed by atoms with E-state index in [-0.39, 0.29) is 36.0 Å². The van der Waals surface area contributed by atoms with Gasteiger partial charge in [0.05, 0.1) is 4.92 Å². The van der Waals surface area contributed by atoms with Gasteiger partial charge in [0.15, 0.2) is 11.9 Å². The Morgan fingerprint density at radius 2 is 1.52 bits per heavy atom. The minimum Gasteiger partial charge on any atom is -0.490 e. The molecule has 9 heteroatoms. The van der Waals surface area contributed by atoms with Gasteiger partial charge >= 0.3 is 17.6 Å². The second-order valence-corrected chi connectivity index (χ2v) is 6.70. The van der Waals surface area contributed by atoms with E-state index in [0.29, 0.717) is 5.75 Å². The standard InChI is InChI=1S/C24H21NO8/c1-17(32-22-14-8-6-12-20(22)25(28)29)23(26)33-21-13-7-5-11-19(21)24(27)31-16-15-30-18-9-3-2-4-10-18/h2-14,17H,15-16H2,1H3. The number of para-hydroxylation sites is 4. The molecular formula is C24H21NO8. The molecule has 0 radical (unpaired) electrons. The number of rotatable bonds is 10. The number of hydrogen-bond acceptors (Lipinski definition) is 8. The molecule has 0 aliphatic carbocycles. The Morgan fingerprint density at radius 1 is 0.879 bits per heavy atom. The highest BCUT2D eigenvalue weighted by Gasteiger charge is 2.24. The molecule has 1 atom stereocenters. The second kappa shape index (κ2) is 11.3. The van der Waals surface area contributed by atoms with Crippen molar-refractivity contribution in [3.05, 3.63) is 94.5 Å². The molecule has 1 unspecified atom stereocenters. The minimum atomic E-state index is -1.17. The highest BCUT2D eigenvalue weighted by Crippen LogP contribution is 2.27. The van der Waals surface area contributed by atoms with E-state index in [9.17, 15) is 19.7 Å². The van der Waals surface area contributed by atoms with Crippen molar-refractivity contribution in [3.63, 3.8) is 0 Å². The van der Waals surface area contributed by atoms with Gasteiger partial charge in [0.1, 0.15) is 30.3 Å². The van der Waals surface area contributed by atoms with Gasteiger partial charge in [0.25, 0.3) is 0 Å². The number of hydrogen-bond donors (Lipinski definition) is 0. The molecule has 0 aliphatic heterocycles. The lowest BCUT2D eigenvalue weighted by Gasteiger charge is -2.15. The normalized spacial score (nSPS) is 11.2. The summed E-state index contributed by atoms with van der Waals surface area (Å²) in [6, 6.07) is 20.8. The van der Waals surface area contributed by atoms with Crippen molar-refractivity contribution in [2.45, 2.75) is 13.0 Å². The van der Waals surface area contributed by atoms with Crippen molar-refractivity contribution < 1.29 is 33.5 Å². The van der Waals surface area contributed by atoms with E-state index in [0.717, 1.165) is 0 Å². The van der Waals surface area contributed by atoms with Gasteiger partial charge in [-0.2, -0.15) is 0 Å². The number of carbonyl (C=O) groups excluding carboxylic acids is 2. The van der Waals surface area contributed by atoms with Crippen LogP contribution in [0.1, 0.15) is 17.3 Å². The lowest BCUT2D eigenvalue weighted by atomic mass is 10.2. The van der Waals surface area contributed by atoms with E-state index >= 15 is 0 Å². The first-order valence-electron chi connectivity index (χ1n) is 10.0. The fourth-order valence-corrected chi connectivity index (χ4v) is 2.75. The van der Waals surface area contributed by atoms with E-state index in [1.54, 1.807) is 30.3 Å². The summed E-state index contributed by atoms with van der Waals surface area (Å²) in [6.07, 6.45) is -1.17. The summed E-state index contributed by atoms with van der Waals surface area (Å²) in [5.74, 6) is -0.966.